The number of benzene rings is 1. The Balaban J connectivity index is 1.81. The second-order valence-electron chi connectivity index (χ2n) is 5.24. The molecule has 0 saturated heterocycles. The van der Waals surface area contributed by atoms with Crippen LogP contribution in [0.25, 0.3) is 0 Å². The largest absolute Gasteiger partial charge is 0.507 e. The van der Waals surface area contributed by atoms with Gasteiger partial charge in [-0.15, -0.1) is 0 Å². The highest BCUT2D eigenvalue weighted by Crippen LogP contribution is 2.27. The summed E-state index contributed by atoms with van der Waals surface area (Å²) < 4.78 is 2.41. The number of Topliss-reactive ketones (excluding diaryl/α,β-unsaturated/α-hetero) is 1. The standard InChI is InChI=1S/C14H16N4O3/c19-12-8-4-3-7-11(12)13(20)9-17-14(21)18(16-15-17)10-5-1-2-6-10/h3-4,7-8,10,19H,1-2,5-6,9H2. The average Bonchev–Trinajstić information content (AvgIpc) is 3.10. The van der Waals surface area contributed by atoms with Crippen molar-refractivity contribution < 1.29 is 9.90 Å². The number of carbonyl (C=O) groups is 1. The Kier molecular flexibility index (Phi) is 3.55. The highest BCUT2D eigenvalue weighted by molar-refractivity contribution is 5.98. The number of nitrogens with zero attached hydrogens (tertiary/aromatic N) is 4. The summed E-state index contributed by atoms with van der Waals surface area (Å²) in [7, 11) is 0. The Morgan fingerprint density at radius 3 is 2.67 bits per heavy atom. The molecule has 0 atom stereocenters. The van der Waals surface area contributed by atoms with Crippen molar-refractivity contribution in [2.75, 3.05) is 0 Å². The predicted octanol–water partition coefficient (Wildman–Crippen LogP) is 1.14. The van der Waals surface area contributed by atoms with Crippen molar-refractivity contribution in [3.05, 3.63) is 40.3 Å². The maximum atomic E-state index is 12.2. The van der Waals surface area contributed by atoms with E-state index in [1.165, 1.54) is 16.8 Å². The van der Waals surface area contributed by atoms with Crippen LogP contribution in [0.2, 0.25) is 0 Å². The van der Waals surface area contributed by atoms with Crippen molar-refractivity contribution in [1.82, 2.24) is 19.8 Å². The normalized spacial score (nSPS) is 15.4. The van der Waals surface area contributed by atoms with Crippen LogP contribution in [0.4, 0.5) is 0 Å². The van der Waals surface area contributed by atoms with Crippen LogP contribution in [0.15, 0.2) is 29.1 Å². The number of tetrazole rings is 1. The van der Waals surface area contributed by atoms with E-state index in [9.17, 15) is 14.7 Å². The molecule has 21 heavy (non-hydrogen) atoms. The summed E-state index contributed by atoms with van der Waals surface area (Å²) in [5.74, 6) is -0.465. The number of phenolic OH excluding ortho intramolecular Hbond substituents is 1. The third-order valence-electron chi connectivity index (χ3n) is 3.83. The van der Waals surface area contributed by atoms with Gasteiger partial charge in [0.05, 0.1) is 11.6 Å². The first-order valence-electron chi connectivity index (χ1n) is 7.00. The number of hydrogen-bond donors (Lipinski definition) is 1. The maximum absolute atomic E-state index is 12.2. The lowest BCUT2D eigenvalue weighted by Crippen LogP contribution is -2.29. The molecule has 1 fully saturated rings. The van der Waals surface area contributed by atoms with Crippen LogP contribution in [-0.2, 0) is 6.54 Å². The quantitative estimate of drug-likeness (QED) is 0.852. The number of hydrogen-bond acceptors (Lipinski definition) is 5. The number of aromatic hydroxyl groups is 1. The Hall–Kier alpha value is -2.44. The summed E-state index contributed by atoms with van der Waals surface area (Å²) in [6.07, 6.45) is 4.01. The lowest BCUT2D eigenvalue weighted by molar-refractivity contribution is 0.0963. The van der Waals surface area contributed by atoms with E-state index in [1.54, 1.807) is 12.1 Å². The van der Waals surface area contributed by atoms with Crippen molar-refractivity contribution >= 4 is 5.78 Å². The average molecular weight is 288 g/mol. The second kappa shape index (κ2) is 5.51. The van der Waals surface area contributed by atoms with Gasteiger partial charge in [-0.05, 0) is 35.4 Å². The van der Waals surface area contributed by atoms with Crippen LogP contribution in [0.3, 0.4) is 0 Å². The maximum Gasteiger partial charge on any atom is 0.364 e. The number of carbonyl (C=O) groups excluding carboxylic acids is 1. The van der Waals surface area contributed by atoms with Gasteiger partial charge in [-0.25, -0.2) is 4.79 Å². The molecular weight excluding hydrogens is 272 g/mol. The minimum atomic E-state index is -0.370. The molecule has 0 radical (unpaired) electrons. The van der Waals surface area contributed by atoms with Crippen LogP contribution >= 0.6 is 0 Å². The zero-order valence-corrected chi connectivity index (χ0v) is 11.5. The van der Waals surface area contributed by atoms with Crippen molar-refractivity contribution in [3.8, 4) is 5.75 Å². The molecule has 0 bridgehead atoms. The van der Waals surface area contributed by atoms with Gasteiger partial charge in [0, 0.05) is 0 Å². The van der Waals surface area contributed by atoms with Crippen molar-refractivity contribution in [2.24, 2.45) is 0 Å². The lowest BCUT2D eigenvalue weighted by atomic mass is 10.1. The monoisotopic (exact) mass is 288 g/mol. The number of aromatic nitrogens is 4. The highest BCUT2D eigenvalue weighted by atomic mass is 16.3. The first-order valence-corrected chi connectivity index (χ1v) is 7.00. The van der Waals surface area contributed by atoms with Gasteiger partial charge < -0.3 is 5.11 Å². The molecule has 1 aromatic heterocycles. The minimum Gasteiger partial charge on any atom is -0.507 e. The van der Waals surface area contributed by atoms with E-state index in [4.69, 9.17) is 0 Å². The van der Waals surface area contributed by atoms with Gasteiger partial charge in [-0.2, -0.15) is 9.36 Å². The van der Waals surface area contributed by atoms with Gasteiger partial charge in [0.25, 0.3) is 0 Å². The Morgan fingerprint density at radius 1 is 1.24 bits per heavy atom. The molecule has 0 amide bonds. The third kappa shape index (κ3) is 2.58. The molecular formula is C14H16N4O3. The van der Waals surface area contributed by atoms with Crippen LogP contribution in [0, 0.1) is 0 Å². The zero-order valence-electron chi connectivity index (χ0n) is 11.5. The van der Waals surface area contributed by atoms with Crippen molar-refractivity contribution in [2.45, 2.75) is 38.3 Å². The van der Waals surface area contributed by atoms with Crippen LogP contribution in [-0.4, -0.2) is 30.7 Å². The molecule has 7 nitrogen and oxygen atoms in total. The Morgan fingerprint density at radius 2 is 1.95 bits per heavy atom. The van der Waals surface area contributed by atoms with E-state index < -0.39 is 0 Å². The fraction of sp³-hybridized carbons (Fsp3) is 0.429. The smallest absolute Gasteiger partial charge is 0.364 e. The van der Waals surface area contributed by atoms with Gasteiger partial charge in [0.1, 0.15) is 12.3 Å². The minimum absolute atomic E-state index is 0.0893. The molecule has 1 saturated carbocycles. The van der Waals surface area contributed by atoms with E-state index in [-0.39, 0.29) is 35.4 Å². The van der Waals surface area contributed by atoms with Crippen molar-refractivity contribution in [1.29, 1.82) is 0 Å². The molecule has 1 aliphatic rings. The fourth-order valence-corrected chi connectivity index (χ4v) is 2.69. The highest BCUT2D eigenvalue weighted by Gasteiger charge is 2.22. The van der Waals surface area contributed by atoms with E-state index in [0.29, 0.717) is 0 Å². The van der Waals surface area contributed by atoms with E-state index in [1.807, 2.05) is 0 Å². The molecule has 3 rings (SSSR count). The summed E-state index contributed by atoms with van der Waals surface area (Å²) in [4.78, 5) is 24.3. The van der Waals surface area contributed by atoms with Crippen molar-refractivity contribution in [3.63, 3.8) is 0 Å². The molecule has 1 aromatic carbocycles. The molecule has 1 heterocycles. The van der Waals surface area contributed by atoms with Crippen LogP contribution in [0.1, 0.15) is 42.1 Å². The predicted molar refractivity (Wildman–Crippen MR) is 74.2 cm³/mol. The van der Waals surface area contributed by atoms with Gasteiger partial charge in [0.2, 0.25) is 0 Å². The molecule has 1 N–H and O–H groups in total. The Bertz CT molecular complexity index is 713. The molecule has 110 valence electrons. The lowest BCUT2D eigenvalue weighted by Gasteiger charge is -2.05. The SMILES string of the molecule is O=C(Cn1nnn(C2CCCC2)c1=O)c1ccccc1O. The van der Waals surface area contributed by atoms with E-state index in [0.717, 1.165) is 30.4 Å². The van der Waals surface area contributed by atoms with Crippen LogP contribution < -0.4 is 5.69 Å². The molecule has 1 aliphatic carbocycles. The third-order valence-corrected chi connectivity index (χ3v) is 3.83. The van der Waals surface area contributed by atoms with E-state index in [2.05, 4.69) is 10.4 Å². The fourth-order valence-electron chi connectivity index (χ4n) is 2.69. The van der Waals surface area contributed by atoms with Gasteiger partial charge >= 0.3 is 5.69 Å². The topological polar surface area (TPSA) is 90.0 Å². The molecule has 0 spiro atoms. The van der Waals surface area contributed by atoms with E-state index >= 15 is 0 Å². The number of phenols is 1. The second-order valence-corrected chi connectivity index (χ2v) is 5.24. The number of ketones is 1. The van der Waals surface area contributed by atoms with Gasteiger partial charge in [-0.3, -0.25) is 4.79 Å². The number of para-hydroxylation sites is 1. The summed E-state index contributed by atoms with van der Waals surface area (Å²) in [6, 6.07) is 6.33. The molecule has 2 aromatic rings. The Labute approximate surface area is 120 Å². The first kappa shape index (κ1) is 13.5. The first-order chi connectivity index (χ1) is 10.2. The molecule has 0 aliphatic heterocycles. The summed E-state index contributed by atoms with van der Waals surface area (Å²) in [5.41, 5.74) is -0.189. The molecule has 0 unspecified atom stereocenters. The molecule has 7 heteroatoms. The zero-order chi connectivity index (χ0) is 14.8. The van der Waals surface area contributed by atoms with Gasteiger partial charge in [0.15, 0.2) is 5.78 Å². The van der Waals surface area contributed by atoms with Gasteiger partial charge in [-0.1, -0.05) is 25.0 Å². The number of rotatable bonds is 4. The summed E-state index contributed by atoms with van der Waals surface area (Å²) in [6.45, 7) is -0.219. The van der Waals surface area contributed by atoms with Crippen LogP contribution in [0.5, 0.6) is 5.75 Å². The summed E-state index contributed by atoms with van der Waals surface area (Å²) >= 11 is 0. The summed E-state index contributed by atoms with van der Waals surface area (Å²) in [5, 5.41) is 17.3.